The van der Waals surface area contributed by atoms with Gasteiger partial charge in [0.05, 0.1) is 0 Å². The molecule has 0 radical (unpaired) electrons. The van der Waals surface area contributed by atoms with Crippen LogP contribution in [0, 0.1) is 0 Å². The molecule has 0 spiro atoms. The van der Waals surface area contributed by atoms with E-state index < -0.39 is 12.3 Å². The van der Waals surface area contributed by atoms with Crippen LogP contribution in [0.25, 0.3) is 0 Å². The summed E-state index contributed by atoms with van der Waals surface area (Å²) in [5, 5.41) is 8.62. The molecule has 0 saturated carbocycles. The molecule has 0 aliphatic heterocycles. The molecule has 0 heterocycles. The van der Waals surface area contributed by atoms with Crippen molar-refractivity contribution in [2.24, 2.45) is 0 Å². The topological polar surface area (TPSA) is 46.5 Å². The third-order valence-electron chi connectivity index (χ3n) is 2.48. The van der Waals surface area contributed by atoms with Gasteiger partial charge in [-0.25, -0.2) is 4.79 Å². The number of hydrogen-bond donors (Lipinski definition) is 1. The number of carboxylic acid groups (broad SMARTS) is 1. The highest BCUT2D eigenvalue weighted by Crippen LogP contribution is 2.30. The minimum absolute atomic E-state index is 0.0211. The van der Waals surface area contributed by atoms with E-state index in [2.05, 4.69) is 20.8 Å². The molecule has 1 N–H and O–H groups in total. The summed E-state index contributed by atoms with van der Waals surface area (Å²) in [7, 11) is 0. The first kappa shape index (κ1) is 12.6. The molecule has 0 fully saturated rings. The first-order chi connectivity index (χ1) is 7.32. The average Bonchev–Trinajstić information content (AvgIpc) is 2.15. The number of ether oxygens (including phenoxy) is 1. The fourth-order valence-electron chi connectivity index (χ4n) is 1.75. The van der Waals surface area contributed by atoms with Gasteiger partial charge in [0.25, 0.3) is 0 Å². The molecule has 1 rings (SSSR count). The highest BCUT2D eigenvalue weighted by atomic mass is 16.7. The Labute approximate surface area is 96.1 Å². The fraction of sp³-hybridized carbons (Fsp3) is 0.462. The van der Waals surface area contributed by atoms with Crippen molar-refractivity contribution < 1.29 is 14.6 Å². The van der Waals surface area contributed by atoms with Crippen molar-refractivity contribution in [1.29, 1.82) is 0 Å². The van der Waals surface area contributed by atoms with E-state index in [1.807, 2.05) is 24.3 Å². The maximum absolute atomic E-state index is 10.5. The Balaban J connectivity index is 3.08. The number of rotatable bonds is 2. The second-order valence-electron chi connectivity index (χ2n) is 4.86. The molecule has 1 unspecified atom stereocenters. The van der Waals surface area contributed by atoms with Gasteiger partial charge < -0.3 is 9.84 Å². The van der Waals surface area contributed by atoms with Gasteiger partial charge in [0.1, 0.15) is 6.10 Å². The van der Waals surface area contributed by atoms with Gasteiger partial charge in [0, 0.05) is 0 Å². The molecule has 3 nitrogen and oxygen atoms in total. The molecular formula is C13H18O3. The van der Waals surface area contributed by atoms with Crippen molar-refractivity contribution in [1.82, 2.24) is 0 Å². The van der Waals surface area contributed by atoms with Crippen LogP contribution in [0.3, 0.4) is 0 Å². The Morgan fingerprint density at radius 1 is 1.31 bits per heavy atom. The largest absolute Gasteiger partial charge is 0.506 e. The molecule has 0 aliphatic rings. The lowest BCUT2D eigenvalue weighted by Crippen LogP contribution is -2.17. The third kappa shape index (κ3) is 2.99. The lowest BCUT2D eigenvalue weighted by Gasteiger charge is -2.25. The number of carbonyl (C=O) groups is 1. The Morgan fingerprint density at radius 2 is 1.88 bits per heavy atom. The molecule has 0 aliphatic carbocycles. The van der Waals surface area contributed by atoms with Gasteiger partial charge in [-0.1, -0.05) is 45.0 Å². The van der Waals surface area contributed by atoms with Crippen LogP contribution < -0.4 is 0 Å². The van der Waals surface area contributed by atoms with Crippen molar-refractivity contribution in [2.75, 3.05) is 0 Å². The number of benzene rings is 1. The number of hydrogen-bond acceptors (Lipinski definition) is 2. The average molecular weight is 222 g/mol. The summed E-state index contributed by atoms with van der Waals surface area (Å²) in [4.78, 5) is 10.5. The van der Waals surface area contributed by atoms with Crippen LogP contribution in [-0.4, -0.2) is 11.3 Å². The van der Waals surface area contributed by atoms with Gasteiger partial charge >= 0.3 is 6.16 Å². The highest BCUT2D eigenvalue weighted by molar-refractivity contribution is 5.57. The smallest absolute Gasteiger partial charge is 0.450 e. The van der Waals surface area contributed by atoms with Crippen LogP contribution >= 0.6 is 0 Å². The second-order valence-corrected chi connectivity index (χ2v) is 4.86. The summed E-state index contributed by atoms with van der Waals surface area (Å²) < 4.78 is 4.79. The fourth-order valence-corrected chi connectivity index (χ4v) is 1.75. The van der Waals surface area contributed by atoms with E-state index in [0.717, 1.165) is 11.1 Å². The molecule has 0 saturated heterocycles. The zero-order valence-electron chi connectivity index (χ0n) is 10.2. The van der Waals surface area contributed by atoms with Crippen LogP contribution in [0.2, 0.25) is 0 Å². The lowest BCUT2D eigenvalue weighted by molar-refractivity contribution is 0.0580. The van der Waals surface area contributed by atoms with Crippen molar-refractivity contribution in [3.05, 3.63) is 35.4 Å². The summed E-state index contributed by atoms with van der Waals surface area (Å²) in [5.74, 6) is 0. The minimum Gasteiger partial charge on any atom is -0.450 e. The van der Waals surface area contributed by atoms with E-state index >= 15 is 0 Å². The zero-order valence-corrected chi connectivity index (χ0v) is 10.2. The standard InChI is InChI=1S/C13H18O3/c1-9(16-12(14)15)10-7-5-6-8-11(10)13(2,3)4/h5-9H,1-4H3,(H,14,15). The quantitative estimate of drug-likeness (QED) is 0.775. The molecule has 1 atom stereocenters. The zero-order chi connectivity index (χ0) is 12.3. The SMILES string of the molecule is CC(OC(=O)O)c1ccccc1C(C)(C)C. The molecule has 1 aromatic rings. The van der Waals surface area contributed by atoms with Crippen LogP contribution in [-0.2, 0) is 10.2 Å². The van der Waals surface area contributed by atoms with E-state index in [9.17, 15) is 4.79 Å². The van der Waals surface area contributed by atoms with Crippen molar-refractivity contribution in [2.45, 2.75) is 39.2 Å². The molecule has 88 valence electrons. The van der Waals surface area contributed by atoms with Crippen LogP contribution in [0.1, 0.15) is 44.9 Å². The van der Waals surface area contributed by atoms with Gasteiger partial charge in [0.2, 0.25) is 0 Å². The summed E-state index contributed by atoms with van der Waals surface area (Å²) in [5.41, 5.74) is 2.02. The van der Waals surface area contributed by atoms with Crippen molar-refractivity contribution >= 4 is 6.16 Å². The molecule has 1 aromatic carbocycles. The first-order valence-corrected chi connectivity index (χ1v) is 5.31. The minimum atomic E-state index is -1.24. The van der Waals surface area contributed by atoms with Crippen LogP contribution in [0.15, 0.2) is 24.3 Å². The predicted octanol–water partition coefficient (Wildman–Crippen LogP) is 3.74. The van der Waals surface area contributed by atoms with Gasteiger partial charge in [-0.05, 0) is 23.5 Å². The predicted molar refractivity (Wildman–Crippen MR) is 62.7 cm³/mol. The van der Waals surface area contributed by atoms with Crippen LogP contribution in [0.4, 0.5) is 4.79 Å². The molecule has 3 heteroatoms. The van der Waals surface area contributed by atoms with Gasteiger partial charge in [-0.2, -0.15) is 0 Å². The summed E-state index contributed by atoms with van der Waals surface area (Å²) in [6, 6.07) is 7.77. The van der Waals surface area contributed by atoms with Gasteiger partial charge in [0.15, 0.2) is 0 Å². The van der Waals surface area contributed by atoms with E-state index in [1.165, 1.54) is 0 Å². The second kappa shape index (κ2) is 4.56. The van der Waals surface area contributed by atoms with Crippen LogP contribution in [0.5, 0.6) is 0 Å². The first-order valence-electron chi connectivity index (χ1n) is 5.31. The Bertz CT molecular complexity index is 377. The van der Waals surface area contributed by atoms with E-state index in [1.54, 1.807) is 6.92 Å². The Hall–Kier alpha value is -1.51. The summed E-state index contributed by atoms with van der Waals surface area (Å²) in [6.45, 7) is 8.04. The van der Waals surface area contributed by atoms with E-state index in [0.29, 0.717) is 0 Å². The monoisotopic (exact) mass is 222 g/mol. The molecule has 0 bridgehead atoms. The Kier molecular flexibility index (Phi) is 3.58. The van der Waals surface area contributed by atoms with Gasteiger partial charge in [-0.15, -0.1) is 0 Å². The maximum atomic E-state index is 10.5. The summed E-state index contributed by atoms with van der Waals surface area (Å²) in [6.07, 6.45) is -1.68. The van der Waals surface area contributed by atoms with E-state index in [4.69, 9.17) is 9.84 Å². The van der Waals surface area contributed by atoms with Gasteiger partial charge in [-0.3, -0.25) is 0 Å². The van der Waals surface area contributed by atoms with Crippen molar-refractivity contribution in [3.8, 4) is 0 Å². The maximum Gasteiger partial charge on any atom is 0.506 e. The Morgan fingerprint density at radius 3 is 2.38 bits per heavy atom. The summed E-state index contributed by atoms with van der Waals surface area (Å²) >= 11 is 0. The normalized spacial score (nSPS) is 13.2. The van der Waals surface area contributed by atoms with E-state index in [-0.39, 0.29) is 5.41 Å². The third-order valence-corrected chi connectivity index (χ3v) is 2.48. The van der Waals surface area contributed by atoms with Crippen molar-refractivity contribution in [3.63, 3.8) is 0 Å². The lowest BCUT2D eigenvalue weighted by atomic mass is 9.82. The highest BCUT2D eigenvalue weighted by Gasteiger charge is 2.21. The molecule has 0 aromatic heterocycles. The molecule has 16 heavy (non-hydrogen) atoms. The molecule has 0 amide bonds. The molecular weight excluding hydrogens is 204 g/mol.